The summed E-state index contributed by atoms with van der Waals surface area (Å²) in [6.07, 6.45) is 5.52. The lowest BCUT2D eigenvalue weighted by atomic mass is 9.83. The van der Waals surface area contributed by atoms with E-state index in [9.17, 15) is 0 Å². The van der Waals surface area contributed by atoms with Crippen LogP contribution < -0.4 is 0 Å². The van der Waals surface area contributed by atoms with E-state index in [0.717, 1.165) is 12.5 Å². The van der Waals surface area contributed by atoms with Crippen molar-refractivity contribution in [1.29, 1.82) is 0 Å². The zero-order valence-corrected chi connectivity index (χ0v) is 9.75. The number of hydrogen-bond acceptors (Lipinski definition) is 2. The third-order valence-corrected chi connectivity index (χ3v) is 4.37. The average molecular weight is 197 g/mol. The average Bonchev–Trinajstić information content (AvgIpc) is 2.67. The molecule has 2 heteroatoms. The minimum absolute atomic E-state index is 0.531. The summed E-state index contributed by atoms with van der Waals surface area (Å²) in [5.41, 5.74) is 0.531. The molecule has 0 radical (unpaired) electrons. The van der Waals surface area contributed by atoms with Gasteiger partial charge in [-0.1, -0.05) is 13.8 Å². The molecule has 2 heterocycles. The van der Waals surface area contributed by atoms with Crippen LogP contribution in [0.4, 0.5) is 0 Å². The highest BCUT2D eigenvalue weighted by molar-refractivity contribution is 5.05. The summed E-state index contributed by atoms with van der Waals surface area (Å²) in [7, 11) is 1.82. The van der Waals surface area contributed by atoms with E-state index in [0.29, 0.717) is 11.6 Å². The largest absolute Gasteiger partial charge is 0.383 e. The Morgan fingerprint density at radius 3 is 2.86 bits per heavy atom. The number of fused-ring (bicyclic) bond motifs is 1. The van der Waals surface area contributed by atoms with Crippen LogP contribution in [0.1, 0.15) is 39.5 Å². The Hall–Kier alpha value is -0.0800. The summed E-state index contributed by atoms with van der Waals surface area (Å²) in [6, 6.07) is 0.699. The van der Waals surface area contributed by atoms with Gasteiger partial charge in [0.1, 0.15) is 0 Å². The second-order valence-corrected chi connectivity index (χ2v) is 5.20. The molecule has 2 fully saturated rings. The zero-order chi connectivity index (χ0) is 10.2. The highest BCUT2D eigenvalue weighted by Gasteiger charge is 2.50. The Morgan fingerprint density at radius 1 is 1.43 bits per heavy atom. The van der Waals surface area contributed by atoms with Crippen LogP contribution in [0, 0.1) is 5.92 Å². The normalized spacial score (nSPS) is 38.1. The SMILES string of the molecule is COCC1CCC2(C(C)C)CCCN12. The topological polar surface area (TPSA) is 12.5 Å². The van der Waals surface area contributed by atoms with Crippen LogP contribution in [0.2, 0.25) is 0 Å². The van der Waals surface area contributed by atoms with Gasteiger partial charge in [0.2, 0.25) is 0 Å². The standard InChI is InChI=1S/C12H23NO/c1-10(2)12-6-4-8-13(12)11(5-7-12)9-14-3/h10-11H,4-9H2,1-3H3. The van der Waals surface area contributed by atoms with Crippen LogP contribution in [-0.4, -0.2) is 36.7 Å². The molecule has 0 amide bonds. The van der Waals surface area contributed by atoms with Gasteiger partial charge in [0, 0.05) is 18.7 Å². The van der Waals surface area contributed by atoms with Crippen molar-refractivity contribution in [1.82, 2.24) is 4.90 Å². The fourth-order valence-electron chi connectivity index (χ4n) is 3.58. The molecular formula is C12H23NO. The molecule has 0 bridgehead atoms. The zero-order valence-electron chi connectivity index (χ0n) is 9.75. The van der Waals surface area contributed by atoms with Gasteiger partial charge < -0.3 is 4.74 Å². The number of ether oxygens (including phenoxy) is 1. The highest BCUT2D eigenvalue weighted by atomic mass is 16.5. The van der Waals surface area contributed by atoms with Crippen molar-refractivity contribution in [2.24, 2.45) is 5.92 Å². The molecular weight excluding hydrogens is 174 g/mol. The number of nitrogens with zero attached hydrogens (tertiary/aromatic N) is 1. The molecule has 0 saturated carbocycles. The van der Waals surface area contributed by atoms with Gasteiger partial charge in [-0.05, 0) is 38.1 Å². The Labute approximate surface area is 87.6 Å². The van der Waals surface area contributed by atoms with E-state index in [2.05, 4.69) is 18.7 Å². The fraction of sp³-hybridized carbons (Fsp3) is 1.00. The van der Waals surface area contributed by atoms with Crippen LogP contribution in [0.25, 0.3) is 0 Å². The molecule has 2 saturated heterocycles. The highest BCUT2D eigenvalue weighted by Crippen LogP contribution is 2.46. The van der Waals surface area contributed by atoms with Gasteiger partial charge in [0.05, 0.1) is 6.61 Å². The molecule has 0 N–H and O–H groups in total. The number of methoxy groups -OCH3 is 1. The predicted molar refractivity (Wildman–Crippen MR) is 58.4 cm³/mol. The van der Waals surface area contributed by atoms with Gasteiger partial charge in [0.15, 0.2) is 0 Å². The van der Waals surface area contributed by atoms with Crippen LogP contribution in [0.15, 0.2) is 0 Å². The Balaban J connectivity index is 2.11. The number of rotatable bonds is 3. The lowest BCUT2D eigenvalue weighted by molar-refractivity contribution is 0.0591. The van der Waals surface area contributed by atoms with E-state index in [1.807, 2.05) is 7.11 Å². The fourth-order valence-corrected chi connectivity index (χ4v) is 3.58. The van der Waals surface area contributed by atoms with Gasteiger partial charge in [-0.2, -0.15) is 0 Å². The van der Waals surface area contributed by atoms with E-state index >= 15 is 0 Å². The molecule has 0 spiro atoms. The van der Waals surface area contributed by atoms with Crippen LogP contribution in [-0.2, 0) is 4.74 Å². The molecule has 0 aromatic heterocycles. The molecule has 2 rings (SSSR count). The lowest BCUT2D eigenvalue weighted by Gasteiger charge is -2.38. The van der Waals surface area contributed by atoms with Crippen molar-refractivity contribution in [3.8, 4) is 0 Å². The van der Waals surface area contributed by atoms with E-state index in [1.165, 1.54) is 32.2 Å². The van der Waals surface area contributed by atoms with E-state index in [-0.39, 0.29) is 0 Å². The van der Waals surface area contributed by atoms with Gasteiger partial charge >= 0.3 is 0 Å². The Bertz CT molecular complexity index is 204. The van der Waals surface area contributed by atoms with Crippen molar-refractivity contribution in [2.75, 3.05) is 20.3 Å². The number of hydrogen-bond donors (Lipinski definition) is 0. The molecule has 2 unspecified atom stereocenters. The quantitative estimate of drug-likeness (QED) is 0.688. The van der Waals surface area contributed by atoms with E-state index in [4.69, 9.17) is 4.74 Å². The summed E-state index contributed by atoms with van der Waals surface area (Å²) in [4.78, 5) is 2.74. The molecule has 82 valence electrons. The first-order valence-corrected chi connectivity index (χ1v) is 5.96. The molecule has 0 aromatic carbocycles. The maximum absolute atomic E-state index is 5.32. The summed E-state index contributed by atoms with van der Waals surface area (Å²) >= 11 is 0. The van der Waals surface area contributed by atoms with E-state index < -0.39 is 0 Å². The van der Waals surface area contributed by atoms with Crippen molar-refractivity contribution >= 4 is 0 Å². The molecule has 14 heavy (non-hydrogen) atoms. The summed E-state index contributed by atoms with van der Waals surface area (Å²) in [5.74, 6) is 0.798. The minimum atomic E-state index is 0.531. The van der Waals surface area contributed by atoms with Crippen LogP contribution in [0.5, 0.6) is 0 Å². The first-order chi connectivity index (χ1) is 6.70. The van der Waals surface area contributed by atoms with Gasteiger partial charge in [0.25, 0.3) is 0 Å². The summed E-state index contributed by atoms with van der Waals surface area (Å²) in [6.45, 7) is 6.99. The Morgan fingerprint density at radius 2 is 2.21 bits per heavy atom. The smallest absolute Gasteiger partial charge is 0.0618 e. The maximum atomic E-state index is 5.32. The molecule has 0 aliphatic carbocycles. The molecule has 2 atom stereocenters. The third kappa shape index (κ3) is 1.40. The summed E-state index contributed by atoms with van der Waals surface area (Å²) < 4.78 is 5.32. The lowest BCUT2D eigenvalue weighted by Crippen LogP contribution is -2.47. The second kappa shape index (κ2) is 3.82. The van der Waals surface area contributed by atoms with E-state index in [1.54, 1.807) is 0 Å². The second-order valence-electron chi connectivity index (χ2n) is 5.20. The van der Waals surface area contributed by atoms with Gasteiger partial charge in [-0.3, -0.25) is 4.90 Å². The summed E-state index contributed by atoms with van der Waals surface area (Å²) in [5, 5.41) is 0. The third-order valence-electron chi connectivity index (χ3n) is 4.37. The van der Waals surface area contributed by atoms with Crippen LogP contribution >= 0.6 is 0 Å². The molecule has 2 aliphatic rings. The first kappa shape index (κ1) is 10.4. The molecule has 2 aliphatic heterocycles. The van der Waals surface area contributed by atoms with Crippen molar-refractivity contribution in [2.45, 2.75) is 51.1 Å². The van der Waals surface area contributed by atoms with Gasteiger partial charge in [-0.25, -0.2) is 0 Å². The minimum Gasteiger partial charge on any atom is -0.383 e. The Kier molecular flexibility index (Phi) is 2.85. The maximum Gasteiger partial charge on any atom is 0.0618 e. The first-order valence-electron chi connectivity index (χ1n) is 5.96. The van der Waals surface area contributed by atoms with Gasteiger partial charge in [-0.15, -0.1) is 0 Å². The van der Waals surface area contributed by atoms with Crippen molar-refractivity contribution in [3.05, 3.63) is 0 Å². The van der Waals surface area contributed by atoms with Crippen LogP contribution in [0.3, 0.4) is 0 Å². The van der Waals surface area contributed by atoms with Crippen molar-refractivity contribution in [3.63, 3.8) is 0 Å². The molecule has 2 nitrogen and oxygen atoms in total. The monoisotopic (exact) mass is 197 g/mol. The molecule has 0 aromatic rings. The predicted octanol–water partition coefficient (Wildman–Crippen LogP) is 2.29. The van der Waals surface area contributed by atoms with Crippen molar-refractivity contribution < 1.29 is 4.74 Å².